The first-order chi connectivity index (χ1) is 51.1. The molecule has 0 saturated carbocycles. The Hall–Kier alpha value is -12.8. The Morgan fingerprint density at radius 3 is 1.02 bits per heavy atom. The van der Waals surface area contributed by atoms with Crippen molar-refractivity contribution in [3.63, 3.8) is 0 Å². The van der Waals surface area contributed by atoms with Gasteiger partial charge >= 0.3 is 23.9 Å². The minimum Gasteiger partial charge on any atom is -0.458 e. The van der Waals surface area contributed by atoms with Crippen LogP contribution in [0.1, 0.15) is 69.2 Å². The molecule has 19 rings (SSSR count). The van der Waals surface area contributed by atoms with Crippen LogP contribution in [0.3, 0.4) is 0 Å². The van der Waals surface area contributed by atoms with Crippen LogP contribution in [0.2, 0.25) is 0 Å². The molecule has 13 heteroatoms. The third-order valence-corrected chi connectivity index (χ3v) is 26.2. The summed E-state index contributed by atoms with van der Waals surface area (Å²) in [7, 11) is -3.59. The van der Waals surface area contributed by atoms with Gasteiger partial charge in [0.25, 0.3) is 13.4 Å². The molecule has 0 atom stereocenters. The molecule has 0 amide bonds. The normalized spacial score (nSPS) is 12.5. The second-order valence-electron chi connectivity index (χ2n) is 27.3. The van der Waals surface area contributed by atoms with E-state index < -0.39 is 45.4 Å². The van der Waals surface area contributed by atoms with Crippen LogP contribution in [0.5, 0.6) is 23.0 Å². The van der Waals surface area contributed by atoms with Crippen LogP contribution in [0.25, 0.3) is 54.6 Å². The summed E-state index contributed by atoms with van der Waals surface area (Å²) in [6.45, 7) is 1.47. The fraction of sp³-hybridized carbons (Fsp3) is 0.0549. The molecule has 104 heavy (non-hydrogen) atoms. The second kappa shape index (κ2) is 25.1. The number of hydrogen-bond acceptors (Lipinski definition) is 10. The van der Waals surface area contributed by atoms with Crippen molar-refractivity contribution in [3.8, 4) is 45.3 Å². The Kier molecular flexibility index (Phi) is 15.0. The number of carbonyl (C=O) groups is 4. The van der Waals surface area contributed by atoms with Crippen LogP contribution >= 0.6 is 0 Å². The summed E-state index contributed by atoms with van der Waals surface area (Å²) in [6, 6.07) is 99.7. The van der Waals surface area contributed by atoms with Crippen molar-refractivity contribution < 1.29 is 47.6 Å². The number of fused-ring (bicyclic) bond motifs is 8. The van der Waals surface area contributed by atoms with Gasteiger partial charge in [-0.15, -0.1) is 0 Å². The molecule has 15 aromatic rings. The summed E-state index contributed by atoms with van der Waals surface area (Å²) in [5, 5.41) is 10.8. The van der Waals surface area contributed by atoms with Gasteiger partial charge in [0.1, 0.15) is 49.4 Å². The van der Waals surface area contributed by atoms with Crippen molar-refractivity contribution in [2.45, 2.75) is 33.4 Å². The molecule has 0 radical (unpaired) electrons. The highest BCUT2D eigenvalue weighted by Crippen LogP contribution is 2.48. The van der Waals surface area contributed by atoms with Gasteiger partial charge in [0.2, 0.25) is 0 Å². The SMILES string of the molecule is Cc1cc2c3c(cc4c([Si](c5ccccc5)(c5ccccc5)c5ccccc5)cc5c6c(cc1c3c46)B1c3ccc(C(=O)OCc4ccccc4)cc3Oc3cc(C(=O)OCc4ccccc4)cc-5c31)B1c3ccc(C(=O)OCc4ccccc4)cc3Oc3cc(C(=O)OCc4ccccc4)cc-2c31. The number of ether oxygens (including phenoxy) is 6. The molecule has 15 aromatic carbocycles. The molecule has 10 nitrogen and oxygen atoms in total. The molecule has 0 aromatic heterocycles. The van der Waals surface area contributed by atoms with E-state index in [1.807, 2.05) is 158 Å². The average molecular weight is 1360 g/mol. The molecule has 0 unspecified atom stereocenters. The molecule has 0 N–H and O–H groups in total. The summed E-state index contributed by atoms with van der Waals surface area (Å²) < 4.78 is 38.7. The maximum Gasteiger partial charge on any atom is 0.338 e. The molecular weight excluding hydrogens is 1300 g/mol. The van der Waals surface area contributed by atoms with Gasteiger partial charge in [-0.2, -0.15) is 0 Å². The maximum atomic E-state index is 15.1. The zero-order valence-corrected chi connectivity index (χ0v) is 57.4. The van der Waals surface area contributed by atoms with Gasteiger partial charge in [0, 0.05) is 0 Å². The number of esters is 4. The average Bonchev–Trinajstić information content (AvgIpc) is 0.663. The third-order valence-electron chi connectivity index (χ3n) is 21.3. The van der Waals surface area contributed by atoms with E-state index in [4.69, 9.17) is 28.4 Å². The number of rotatable bonds is 16. The van der Waals surface area contributed by atoms with Crippen LogP contribution in [0, 0.1) is 6.92 Å². The van der Waals surface area contributed by atoms with Crippen LogP contribution in [0.15, 0.2) is 297 Å². The molecule has 0 saturated heterocycles. The Bertz CT molecular complexity index is 5930. The van der Waals surface area contributed by atoms with Gasteiger partial charge in [0.05, 0.1) is 22.3 Å². The van der Waals surface area contributed by atoms with Crippen LogP contribution < -0.4 is 63.0 Å². The summed E-state index contributed by atoms with van der Waals surface area (Å²) in [6.07, 6.45) is 0. The first-order valence-electron chi connectivity index (χ1n) is 35.0. The summed E-state index contributed by atoms with van der Waals surface area (Å²) in [4.78, 5) is 58.5. The van der Waals surface area contributed by atoms with E-state index in [1.54, 1.807) is 24.3 Å². The molecule has 0 aliphatic carbocycles. The number of benzene rings is 15. The highest BCUT2D eigenvalue weighted by molar-refractivity contribution is 7.21. The summed E-state index contributed by atoms with van der Waals surface area (Å²) >= 11 is 0. The summed E-state index contributed by atoms with van der Waals surface area (Å²) in [5.74, 6) is -0.191. The van der Waals surface area contributed by atoms with Crippen molar-refractivity contribution in [2.75, 3.05) is 0 Å². The standard InChI is InChI=1S/C91H60B2O10Si/c1-55-41-68-70-42-62(90(96)100-53-58-27-13-4-14-28-58)46-79-86(70)93(74-40-38-61(45-78(74)102-79)89(95)99-52-57-25-11-3-12-26-57)76-49-72-81(104(64-31-17-6-18-32-64,65-33-19-7-20-34-65)66-35-21-8-22-36-66)50-69-71-43-63(91(97)101-54-59-29-15-5-16-30-59)47-80-87(71)92(75-48-67(55)84(82(68)76)85(72)83(69)75)73-39-37-60(44-77(73)103-80)88(94)98-51-56-23-9-2-10-24-56/h2-50H,51-54H2,1H3. The fourth-order valence-corrected chi connectivity index (χ4v) is 21.7. The first-order valence-corrected chi connectivity index (χ1v) is 37.0. The van der Waals surface area contributed by atoms with E-state index in [-0.39, 0.29) is 26.4 Å². The fourth-order valence-electron chi connectivity index (χ4n) is 16.8. The van der Waals surface area contributed by atoms with E-state index in [9.17, 15) is 14.4 Å². The third kappa shape index (κ3) is 10.2. The van der Waals surface area contributed by atoms with Crippen LogP contribution in [0.4, 0.5) is 0 Å². The molecule has 4 heterocycles. The van der Waals surface area contributed by atoms with Gasteiger partial charge in [-0.25, -0.2) is 19.2 Å². The van der Waals surface area contributed by atoms with Crippen molar-refractivity contribution in [1.29, 1.82) is 0 Å². The number of aryl methyl sites for hydroxylation is 1. The van der Waals surface area contributed by atoms with Crippen molar-refractivity contribution >= 4 is 131 Å². The van der Waals surface area contributed by atoms with Crippen LogP contribution in [-0.4, -0.2) is 45.4 Å². The second-order valence-corrected chi connectivity index (χ2v) is 31.1. The lowest BCUT2D eigenvalue weighted by atomic mass is 9.32. The Balaban J connectivity index is 0.915. The maximum absolute atomic E-state index is 15.1. The molecule has 0 bridgehead atoms. The molecule has 4 aliphatic rings. The largest absolute Gasteiger partial charge is 0.458 e. The van der Waals surface area contributed by atoms with E-state index >= 15 is 4.79 Å². The van der Waals surface area contributed by atoms with Gasteiger partial charge in [-0.3, -0.25) is 0 Å². The lowest BCUT2D eigenvalue weighted by molar-refractivity contribution is 0.0463. The summed E-state index contributed by atoms with van der Waals surface area (Å²) in [5.41, 5.74) is 14.6. The van der Waals surface area contributed by atoms with Crippen LogP contribution in [-0.2, 0) is 45.4 Å². The highest BCUT2D eigenvalue weighted by Gasteiger charge is 2.49. The zero-order valence-electron chi connectivity index (χ0n) is 56.4. The Morgan fingerprint density at radius 1 is 0.308 bits per heavy atom. The number of hydrogen-bond donors (Lipinski definition) is 0. The van der Waals surface area contributed by atoms with E-state index in [0.717, 1.165) is 136 Å². The molecular formula is C91H60B2O10Si. The van der Waals surface area contributed by atoms with E-state index in [0.29, 0.717) is 45.3 Å². The van der Waals surface area contributed by atoms with Crippen molar-refractivity contribution in [3.05, 3.63) is 347 Å². The minimum atomic E-state index is -3.59. The predicted octanol–water partition coefficient (Wildman–Crippen LogP) is 12.9. The first kappa shape index (κ1) is 62.2. The lowest BCUT2D eigenvalue weighted by Gasteiger charge is -2.40. The highest BCUT2D eigenvalue weighted by atomic mass is 28.3. The topological polar surface area (TPSA) is 124 Å². The predicted molar refractivity (Wildman–Crippen MR) is 414 cm³/mol. The lowest BCUT2D eigenvalue weighted by Crippen LogP contribution is -2.75. The van der Waals surface area contributed by atoms with Gasteiger partial charge < -0.3 is 28.4 Å². The minimum absolute atomic E-state index is 0.0459. The molecule has 4 aliphatic heterocycles. The Morgan fingerprint density at radius 2 is 0.635 bits per heavy atom. The number of carbonyl (C=O) groups excluding carboxylic acids is 4. The van der Waals surface area contributed by atoms with Gasteiger partial charge in [0.15, 0.2) is 8.07 Å². The quantitative estimate of drug-likeness (QED) is 0.0304. The smallest absolute Gasteiger partial charge is 0.338 e. The van der Waals surface area contributed by atoms with Gasteiger partial charge in [-0.1, -0.05) is 260 Å². The van der Waals surface area contributed by atoms with E-state index in [2.05, 4.69) is 122 Å². The monoisotopic (exact) mass is 1360 g/mol. The molecule has 494 valence electrons. The Labute approximate surface area is 601 Å². The van der Waals surface area contributed by atoms with E-state index in [1.165, 1.54) is 0 Å². The van der Waals surface area contributed by atoms with Crippen molar-refractivity contribution in [1.82, 2.24) is 0 Å². The zero-order chi connectivity index (χ0) is 69.7. The van der Waals surface area contributed by atoms with Gasteiger partial charge in [-0.05, 0) is 180 Å². The molecule has 0 spiro atoms. The van der Waals surface area contributed by atoms with Crippen molar-refractivity contribution in [2.24, 2.45) is 0 Å². The molecule has 0 fully saturated rings.